The van der Waals surface area contributed by atoms with Gasteiger partial charge in [0.05, 0.1) is 5.41 Å². The van der Waals surface area contributed by atoms with E-state index in [-0.39, 0.29) is 5.92 Å². The minimum absolute atomic E-state index is 0.241. The van der Waals surface area contributed by atoms with E-state index in [9.17, 15) is 14.7 Å². The van der Waals surface area contributed by atoms with Crippen LogP contribution in [0.3, 0.4) is 0 Å². The monoisotopic (exact) mass is 306 g/mol. The fraction of sp³-hybridized carbons (Fsp3) is 0.778. The Morgan fingerprint density at radius 3 is 2.64 bits per heavy atom. The molecule has 4 heteroatoms. The summed E-state index contributed by atoms with van der Waals surface area (Å²) >= 11 is 0. The van der Waals surface area contributed by atoms with Crippen LogP contribution < -0.4 is 0 Å². The predicted octanol–water partition coefficient (Wildman–Crippen LogP) is 3.56. The summed E-state index contributed by atoms with van der Waals surface area (Å²) < 4.78 is 5.83. The molecule has 1 N–H and O–H groups in total. The number of hydrogen-bond acceptors (Lipinski definition) is 3. The molecule has 3 aliphatic rings. The van der Waals surface area contributed by atoms with Gasteiger partial charge in [0.15, 0.2) is 0 Å². The van der Waals surface area contributed by atoms with Gasteiger partial charge in [0.2, 0.25) is 0 Å². The second-order valence-corrected chi connectivity index (χ2v) is 7.52. The van der Waals surface area contributed by atoms with Gasteiger partial charge in [0, 0.05) is 11.5 Å². The summed E-state index contributed by atoms with van der Waals surface area (Å²) in [6.45, 7) is 7.46. The van der Waals surface area contributed by atoms with Gasteiger partial charge >= 0.3 is 11.9 Å². The average molecular weight is 306 g/mol. The molecule has 0 aliphatic heterocycles. The van der Waals surface area contributed by atoms with Crippen molar-refractivity contribution in [2.45, 2.75) is 64.4 Å². The fourth-order valence-electron chi connectivity index (χ4n) is 6.49. The van der Waals surface area contributed by atoms with E-state index in [4.69, 9.17) is 4.74 Å². The molecule has 0 aromatic rings. The zero-order chi connectivity index (χ0) is 16.2. The maximum Gasteiger partial charge on any atom is 0.330 e. The molecule has 0 aromatic heterocycles. The predicted molar refractivity (Wildman–Crippen MR) is 82.2 cm³/mol. The Balaban J connectivity index is 2.14. The number of carboxylic acids is 1. The summed E-state index contributed by atoms with van der Waals surface area (Å²) in [7, 11) is 0. The SMILES string of the molecule is C=CC(=O)OC(C)(CC)C12CCCC1(C(=O)O)C1CCC2C1. The molecule has 2 bridgehead atoms. The highest BCUT2D eigenvalue weighted by Gasteiger charge is 2.78. The first kappa shape index (κ1) is 15.6. The Kier molecular flexibility index (Phi) is 3.42. The van der Waals surface area contributed by atoms with Gasteiger partial charge in [-0.05, 0) is 57.3 Å². The van der Waals surface area contributed by atoms with E-state index in [0.29, 0.717) is 12.3 Å². The molecule has 5 unspecified atom stereocenters. The molecule has 0 heterocycles. The summed E-state index contributed by atoms with van der Waals surface area (Å²) in [5, 5.41) is 10.2. The van der Waals surface area contributed by atoms with Crippen LogP contribution in [0.1, 0.15) is 58.8 Å². The lowest BCUT2D eigenvalue weighted by molar-refractivity contribution is -0.207. The molecular weight excluding hydrogens is 280 g/mol. The highest BCUT2D eigenvalue weighted by Crippen LogP contribution is 2.77. The number of aliphatic carboxylic acids is 1. The highest BCUT2D eigenvalue weighted by atomic mass is 16.6. The van der Waals surface area contributed by atoms with Crippen LogP contribution in [-0.4, -0.2) is 22.6 Å². The van der Waals surface area contributed by atoms with E-state index in [0.717, 1.165) is 38.5 Å². The Morgan fingerprint density at radius 1 is 1.36 bits per heavy atom. The van der Waals surface area contributed by atoms with Gasteiger partial charge in [-0.1, -0.05) is 19.9 Å². The van der Waals surface area contributed by atoms with E-state index >= 15 is 0 Å². The lowest BCUT2D eigenvalue weighted by Gasteiger charge is -2.55. The Labute approximate surface area is 131 Å². The van der Waals surface area contributed by atoms with Crippen LogP contribution in [0.2, 0.25) is 0 Å². The second kappa shape index (κ2) is 4.84. The third-order valence-electron chi connectivity index (χ3n) is 7.26. The smallest absolute Gasteiger partial charge is 0.330 e. The molecule has 0 radical (unpaired) electrons. The first-order valence-electron chi connectivity index (χ1n) is 8.47. The molecule has 5 atom stereocenters. The van der Waals surface area contributed by atoms with Crippen LogP contribution in [0.4, 0.5) is 0 Å². The van der Waals surface area contributed by atoms with Crippen molar-refractivity contribution in [3.63, 3.8) is 0 Å². The zero-order valence-electron chi connectivity index (χ0n) is 13.6. The van der Waals surface area contributed by atoms with Gasteiger partial charge in [0.25, 0.3) is 0 Å². The Morgan fingerprint density at radius 2 is 2.05 bits per heavy atom. The largest absolute Gasteiger partial charge is 0.481 e. The number of hydrogen-bond donors (Lipinski definition) is 1. The topological polar surface area (TPSA) is 63.6 Å². The molecule has 122 valence electrons. The van der Waals surface area contributed by atoms with Gasteiger partial charge in [-0.2, -0.15) is 0 Å². The molecule has 3 saturated carbocycles. The van der Waals surface area contributed by atoms with Gasteiger partial charge in [0.1, 0.15) is 5.60 Å². The first-order chi connectivity index (χ1) is 10.4. The van der Waals surface area contributed by atoms with Gasteiger partial charge in [-0.15, -0.1) is 0 Å². The molecular formula is C18H26O4. The van der Waals surface area contributed by atoms with Gasteiger partial charge in [-0.3, -0.25) is 4.79 Å². The number of fused-ring (bicyclic) bond motifs is 5. The summed E-state index contributed by atoms with van der Waals surface area (Å²) in [6.07, 6.45) is 7.39. The normalized spacial score (nSPS) is 41.7. The van der Waals surface area contributed by atoms with Crippen molar-refractivity contribution in [2.75, 3.05) is 0 Å². The van der Waals surface area contributed by atoms with E-state index in [1.807, 2.05) is 13.8 Å². The quantitative estimate of drug-likeness (QED) is 0.623. The average Bonchev–Trinajstić information content (AvgIpc) is 3.17. The third-order valence-corrected chi connectivity index (χ3v) is 7.26. The Hall–Kier alpha value is -1.32. The van der Waals surface area contributed by atoms with Crippen molar-refractivity contribution in [2.24, 2.45) is 22.7 Å². The van der Waals surface area contributed by atoms with Crippen molar-refractivity contribution in [3.8, 4) is 0 Å². The van der Waals surface area contributed by atoms with Crippen molar-refractivity contribution in [1.82, 2.24) is 0 Å². The van der Waals surface area contributed by atoms with Crippen LogP contribution >= 0.6 is 0 Å². The molecule has 22 heavy (non-hydrogen) atoms. The van der Waals surface area contributed by atoms with Crippen LogP contribution in [0.5, 0.6) is 0 Å². The molecule has 3 aliphatic carbocycles. The van der Waals surface area contributed by atoms with Crippen LogP contribution in [0, 0.1) is 22.7 Å². The van der Waals surface area contributed by atoms with Crippen molar-refractivity contribution in [1.29, 1.82) is 0 Å². The second-order valence-electron chi connectivity index (χ2n) is 7.52. The van der Waals surface area contributed by atoms with Crippen molar-refractivity contribution in [3.05, 3.63) is 12.7 Å². The van der Waals surface area contributed by atoms with E-state index in [2.05, 4.69) is 6.58 Å². The maximum atomic E-state index is 12.4. The van der Waals surface area contributed by atoms with E-state index < -0.39 is 28.4 Å². The minimum Gasteiger partial charge on any atom is -0.481 e. The maximum absolute atomic E-state index is 12.4. The number of rotatable bonds is 5. The van der Waals surface area contributed by atoms with Crippen LogP contribution in [-0.2, 0) is 14.3 Å². The molecule has 0 aromatic carbocycles. The zero-order valence-corrected chi connectivity index (χ0v) is 13.6. The lowest BCUT2D eigenvalue weighted by Crippen LogP contribution is -2.61. The molecule has 3 rings (SSSR count). The summed E-state index contributed by atoms with van der Waals surface area (Å²) in [6, 6.07) is 0. The fourth-order valence-corrected chi connectivity index (χ4v) is 6.49. The molecule has 4 nitrogen and oxygen atoms in total. The van der Waals surface area contributed by atoms with Crippen LogP contribution in [0.15, 0.2) is 12.7 Å². The molecule has 0 spiro atoms. The standard InChI is InChI=1S/C18H26O4/c1-4-14(19)22-16(3,5-2)18-10-6-9-17(18,15(20)21)12-7-8-13(18)11-12/h4,12-13H,1,5-11H2,2-3H3,(H,20,21). The van der Waals surface area contributed by atoms with E-state index in [1.165, 1.54) is 6.08 Å². The van der Waals surface area contributed by atoms with Gasteiger partial charge < -0.3 is 9.84 Å². The third kappa shape index (κ3) is 1.53. The summed E-state index contributed by atoms with van der Waals surface area (Å²) in [4.78, 5) is 24.3. The highest BCUT2D eigenvalue weighted by molar-refractivity contribution is 5.82. The van der Waals surface area contributed by atoms with Crippen LogP contribution in [0.25, 0.3) is 0 Å². The lowest BCUT2D eigenvalue weighted by atomic mass is 9.50. The Bertz CT molecular complexity index is 527. The molecule has 3 fully saturated rings. The summed E-state index contributed by atoms with van der Waals surface area (Å²) in [5.41, 5.74) is -1.85. The number of carboxylic acid groups (broad SMARTS) is 1. The summed E-state index contributed by atoms with van der Waals surface area (Å²) in [5.74, 6) is -0.510. The first-order valence-corrected chi connectivity index (χ1v) is 8.47. The van der Waals surface area contributed by atoms with Crippen molar-refractivity contribution < 1.29 is 19.4 Å². The molecule has 0 saturated heterocycles. The molecule has 0 amide bonds. The number of carbonyl (C=O) groups excluding carboxylic acids is 1. The van der Waals surface area contributed by atoms with Crippen molar-refractivity contribution >= 4 is 11.9 Å². The van der Waals surface area contributed by atoms with E-state index in [1.54, 1.807) is 0 Å². The minimum atomic E-state index is -0.729. The van der Waals surface area contributed by atoms with Gasteiger partial charge in [-0.25, -0.2) is 4.79 Å². The number of esters is 1. The number of carbonyl (C=O) groups is 2. The number of ether oxygens (including phenoxy) is 1.